The van der Waals surface area contributed by atoms with Crippen molar-refractivity contribution in [1.29, 1.82) is 0 Å². The predicted octanol–water partition coefficient (Wildman–Crippen LogP) is 1.41. The summed E-state index contributed by atoms with van der Waals surface area (Å²) in [5.41, 5.74) is 2.91. The van der Waals surface area contributed by atoms with E-state index in [1.807, 2.05) is 72.8 Å². The molecular formula is C22H20Cl2N5O2-. The number of aromatic nitrogens is 4. The summed E-state index contributed by atoms with van der Waals surface area (Å²) in [7, 11) is 1.60. The first-order valence-corrected chi connectivity index (χ1v) is 9.75. The number of hydrogen-bond donors (Lipinski definition) is 1. The summed E-state index contributed by atoms with van der Waals surface area (Å²) < 4.78 is 13.0. The molecule has 1 aromatic heterocycles. The summed E-state index contributed by atoms with van der Waals surface area (Å²) in [6, 6.07) is 23.3. The average molecular weight is 457 g/mol. The van der Waals surface area contributed by atoms with Crippen molar-refractivity contribution >= 4 is 11.6 Å². The molecule has 0 saturated heterocycles. The van der Waals surface area contributed by atoms with Crippen molar-refractivity contribution in [1.82, 2.24) is 25.5 Å². The van der Waals surface area contributed by atoms with Gasteiger partial charge in [-0.15, -0.1) is 0 Å². The van der Waals surface area contributed by atoms with Gasteiger partial charge in [-0.1, -0.05) is 59.2 Å². The van der Waals surface area contributed by atoms with Crippen LogP contribution in [0.4, 0.5) is 0 Å². The first kappa shape index (κ1) is 22.6. The number of nitrogens with zero attached hydrogens (tertiary/aromatic N) is 4. The van der Waals surface area contributed by atoms with Gasteiger partial charge < -0.3 is 27.2 Å². The zero-order chi connectivity index (χ0) is 20.8. The number of benzene rings is 3. The first-order chi connectivity index (χ1) is 14.7. The summed E-state index contributed by atoms with van der Waals surface area (Å²) in [6.45, 7) is 1.33. The highest BCUT2D eigenvalue weighted by atomic mass is 35.5. The molecule has 1 heterocycles. The summed E-state index contributed by atoms with van der Waals surface area (Å²) in [4.78, 5) is 0. The van der Waals surface area contributed by atoms with E-state index >= 15 is 0 Å². The predicted molar refractivity (Wildman–Crippen MR) is 114 cm³/mol. The van der Waals surface area contributed by atoms with Crippen LogP contribution in [0, 0.1) is 0 Å². The molecule has 0 atom stereocenters. The maximum absolute atomic E-state index is 6.20. The smallest absolute Gasteiger partial charge is 0.346 e. The maximum Gasteiger partial charge on any atom is 0.346 e. The van der Waals surface area contributed by atoms with Gasteiger partial charge in [0, 0.05) is 18.1 Å². The fourth-order valence-corrected chi connectivity index (χ4v) is 3.16. The molecule has 4 rings (SSSR count). The molecule has 4 aromatic rings. The molecule has 0 fully saturated rings. The second kappa shape index (κ2) is 10.8. The Morgan fingerprint density at radius 2 is 1.71 bits per heavy atom. The number of methoxy groups -OCH3 is 1. The molecule has 0 aliphatic carbocycles. The summed E-state index contributed by atoms with van der Waals surface area (Å²) in [5, 5.41) is 15.8. The SMILES string of the molecule is COc1cc(CNCc2ccccc2Cl)ccc1Oc1nnnn1-c1ccccc1.[Cl-]. The van der Waals surface area contributed by atoms with Gasteiger partial charge in [0.1, 0.15) is 0 Å². The standard InChI is InChI=1S/C22H20ClN5O2.ClH/c1-29-21-13-16(14-24-15-17-7-5-6-10-19(17)23)11-12-20(21)30-22-25-26-27-28(22)18-8-3-2-4-9-18;/h2-13,24H,14-15H2,1H3;1H/p-1. The van der Waals surface area contributed by atoms with E-state index in [0.29, 0.717) is 24.6 Å². The molecule has 31 heavy (non-hydrogen) atoms. The second-order valence-electron chi connectivity index (χ2n) is 6.49. The fourth-order valence-electron chi connectivity index (χ4n) is 2.96. The van der Waals surface area contributed by atoms with Crippen LogP contribution in [-0.4, -0.2) is 27.3 Å². The van der Waals surface area contributed by atoms with E-state index in [2.05, 4.69) is 20.8 Å². The normalized spacial score (nSPS) is 10.4. The van der Waals surface area contributed by atoms with E-state index in [1.54, 1.807) is 7.11 Å². The fraction of sp³-hybridized carbons (Fsp3) is 0.136. The maximum atomic E-state index is 6.20. The highest BCUT2D eigenvalue weighted by molar-refractivity contribution is 6.31. The Morgan fingerprint density at radius 1 is 0.935 bits per heavy atom. The lowest BCUT2D eigenvalue weighted by molar-refractivity contribution is -0.00000690. The van der Waals surface area contributed by atoms with Crippen LogP contribution in [0.5, 0.6) is 17.5 Å². The summed E-state index contributed by atoms with van der Waals surface area (Å²) >= 11 is 6.20. The minimum atomic E-state index is 0. The third-order valence-electron chi connectivity index (χ3n) is 4.47. The molecule has 0 aliphatic heterocycles. The first-order valence-electron chi connectivity index (χ1n) is 9.37. The monoisotopic (exact) mass is 456 g/mol. The van der Waals surface area contributed by atoms with Gasteiger partial charge in [-0.05, 0) is 51.9 Å². The Kier molecular flexibility index (Phi) is 7.83. The lowest BCUT2D eigenvalue weighted by Crippen LogP contribution is -3.00. The van der Waals surface area contributed by atoms with E-state index in [9.17, 15) is 0 Å². The van der Waals surface area contributed by atoms with Crippen molar-refractivity contribution in [2.24, 2.45) is 0 Å². The molecule has 7 nitrogen and oxygen atoms in total. The van der Waals surface area contributed by atoms with Crippen LogP contribution in [0.1, 0.15) is 11.1 Å². The molecule has 0 unspecified atom stereocenters. The lowest BCUT2D eigenvalue weighted by atomic mass is 10.2. The third-order valence-corrected chi connectivity index (χ3v) is 4.84. The van der Waals surface area contributed by atoms with E-state index in [-0.39, 0.29) is 18.4 Å². The van der Waals surface area contributed by atoms with Crippen molar-refractivity contribution in [3.8, 4) is 23.2 Å². The van der Waals surface area contributed by atoms with E-state index in [4.69, 9.17) is 21.1 Å². The Bertz CT molecular complexity index is 1120. The molecule has 9 heteroatoms. The minimum Gasteiger partial charge on any atom is -1.00 e. The lowest BCUT2D eigenvalue weighted by Gasteiger charge is -2.12. The van der Waals surface area contributed by atoms with E-state index in [0.717, 1.165) is 21.8 Å². The number of para-hydroxylation sites is 1. The Hall–Kier alpha value is -3.13. The Morgan fingerprint density at radius 3 is 2.48 bits per heavy atom. The molecule has 0 aliphatic rings. The van der Waals surface area contributed by atoms with Gasteiger partial charge in [-0.25, -0.2) is 0 Å². The third kappa shape index (κ3) is 5.52. The molecule has 1 N–H and O–H groups in total. The topological polar surface area (TPSA) is 74.1 Å². The van der Waals surface area contributed by atoms with Crippen molar-refractivity contribution in [3.05, 3.63) is 88.9 Å². The molecule has 0 saturated carbocycles. The molecule has 3 aromatic carbocycles. The van der Waals surface area contributed by atoms with Gasteiger partial charge in [0.15, 0.2) is 11.5 Å². The van der Waals surface area contributed by atoms with Crippen molar-refractivity contribution in [2.75, 3.05) is 7.11 Å². The van der Waals surface area contributed by atoms with Gasteiger partial charge in [-0.2, -0.15) is 4.68 Å². The van der Waals surface area contributed by atoms with E-state index in [1.165, 1.54) is 4.68 Å². The van der Waals surface area contributed by atoms with Gasteiger partial charge in [0.05, 0.1) is 12.8 Å². The number of nitrogens with one attached hydrogen (secondary N) is 1. The van der Waals surface area contributed by atoms with Gasteiger partial charge in [0.25, 0.3) is 0 Å². The molecule has 0 amide bonds. The molecule has 160 valence electrons. The van der Waals surface area contributed by atoms with E-state index < -0.39 is 0 Å². The number of hydrogen-bond acceptors (Lipinski definition) is 6. The van der Waals surface area contributed by atoms with Crippen LogP contribution in [-0.2, 0) is 13.1 Å². The summed E-state index contributed by atoms with van der Waals surface area (Å²) in [5.74, 6) is 1.12. The molecule has 0 bridgehead atoms. The van der Waals surface area contributed by atoms with Crippen LogP contribution < -0.4 is 27.2 Å². The minimum absolute atomic E-state index is 0. The molecule has 0 radical (unpaired) electrons. The second-order valence-corrected chi connectivity index (χ2v) is 6.90. The average Bonchev–Trinajstić information content (AvgIpc) is 3.25. The quantitative estimate of drug-likeness (QED) is 0.432. The van der Waals surface area contributed by atoms with Gasteiger partial charge in [-0.3, -0.25) is 0 Å². The summed E-state index contributed by atoms with van der Waals surface area (Å²) in [6.07, 6.45) is 0. The Labute approximate surface area is 191 Å². The highest BCUT2D eigenvalue weighted by Gasteiger charge is 2.14. The Balaban J connectivity index is 0.00000272. The zero-order valence-electron chi connectivity index (χ0n) is 16.7. The number of halogens is 2. The van der Waals surface area contributed by atoms with Crippen molar-refractivity contribution in [2.45, 2.75) is 13.1 Å². The van der Waals surface area contributed by atoms with Crippen LogP contribution in [0.25, 0.3) is 5.69 Å². The van der Waals surface area contributed by atoms with Crippen LogP contribution in [0.15, 0.2) is 72.8 Å². The van der Waals surface area contributed by atoms with Crippen LogP contribution in [0.3, 0.4) is 0 Å². The zero-order valence-corrected chi connectivity index (χ0v) is 18.2. The van der Waals surface area contributed by atoms with Gasteiger partial charge >= 0.3 is 6.01 Å². The number of rotatable bonds is 8. The largest absolute Gasteiger partial charge is 1.00 e. The van der Waals surface area contributed by atoms with Crippen molar-refractivity contribution < 1.29 is 21.9 Å². The van der Waals surface area contributed by atoms with Crippen LogP contribution >= 0.6 is 11.6 Å². The van der Waals surface area contributed by atoms with Crippen LogP contribution in [0.2, 0.25) is 5.02 Å². The van der Waals surface area contributed by atoms with Crippen molar-refractivity contribution in [3.63, 3.8) is 0 Å². The highest BCUT2D eigenvalue weighted by Crippen LogP contribution is 2.32. The molecule has 0 spiro atoms. The number of tetrazole rings is 1. The number of ether oxygens (including phenoxy) is 2. The van der Waals surface area contributed by atoms with Gasteiger partial charge in [0.2, 0.25) is 0 Å². The molecular weight excluding hydrogens is 437 g/mol.